The highest BCUT2D eigenvalue weighted by Gasteiger charge is 2.18. The standard InChI is InChI=1S/C15H23NO3/c1-5-19-15(17)13(16)9-12-8-11(10(2)3)6-7-14(12)18-4/h6-8,10,13H,5,9,16H2,1-4H3. The van der Waals surface area contributed by atoms with Crippen LogP contribution in [0.15, 0.2) is 18.2 Å². The van der Waals surface area contributed by atoms with E-state index in [2.05, 4.69) is 13.8 Å². The lowest BCUT2D eigenvalue weighted by Gasteiger charge is -2.15. The zero-order valence-corrected chi connectivity index (χ0v) is 12.1. The molecule has 0 bridgehead atoms. The van der Waals surface area contributed by atoms with Crippen LogP contribution in [-0.2, 0) is 16.0 Å². The van der Waals surface area contributed by atoms with E-state index in [1.807, 2.05) is 18.2 Å². The number of ether oxygens (including phenoxy) is 2. The first kappa shape index (κ1) is 15.5. The minimum absolute atomic E-state index is 0.343. The Kier molecular flexibility index (Phi) is 5.83. The molecule has 0 amide bonds. The minimum atomic E-state index is -0.656. The number of methoxy groups -OCH3 is 1. The smallest absolute Gasteiger partial charge is 0.323 e. The summed E-state index contributed by atoms with van der Waals surface area (Å²) in [4.78, 5) is 11.6. The summed E-state index contributed by atoms with van der Waals surface area (Å²) in [6, 6.07) is 5.34. The van der Waals surface area contributed by atoms with Gasteiger partial charge in [0.2, 0.25) is 0 Å². The predicted molar refractivity (Wildman–Crippen MR) is 75.4 cm³/mol. The topological polar surface area (TPSA) is 61.5 Å². The Hall–Kier alpha value is -1.55. The monoisotopic (exact) mass is 265 g/mol. The molecule has 0 spiro atoms. The summed E-state index contributed by atoms with van der Waals surface area (Å²) in [6.45, 7) is 6.36. The van der Waals surface area contributed by atoms with Gasteiger partial charge in [-0.1, -0.05) is 26.0 Å². The molecule has 0 aliphatic heterocycles. The Balaban J connectivity index is 2.91. The normalized spacial score (nSPS) is 12.3. The van der Waals surface area contributed by atoms with E-state index in [0.717, 1.165) is 11.3 Å². The Labute approximate surface area is 114 Å². The summed E-state index contributed by atoms with van der Waals surface area (Å²) < 4.78 is 10.2. The van der Waals surface area contributed by atoms with Crippen molar-refractivity contribution in [2.24, 2.45) is 5.73 Å². The molecule has 106 valence electrons. The average molecular weight is 265 g/mol. The summed E-state index contributed by atoms with van der Waals surface area (Å²) in [5, 5.41) is 0. The van der Waals surface area contributed by atoms with Gasteiger partial charge >= 0.3 is 5.97 Å². The summed E-state index contributed by atoms with van der Waals surface area (Å²) in [5.74, 6) is 0.798. The molecule has 4 nitrogen and oxygen atoms in total. The maximum absolute atomic E-state index is 11.6. The maximum atomic E-state index is 11.6. The molecule has 0 saturated heterocycles. The molecular formula is C15H23NO3. The Bertz CT molecular complexity index is 429. The highest BCUT2D eigenvalue weighted by Crippen LogP contribution is 2.25. The highest BCUT2D eigenvalue weighted by molar-refractivity contribution is 5.76. The van der Waals surface area contributed by atoms with E-state index in [1.165, 1.54) is 5.56 Å². The van der Waals surface area contributed by atoms with Crippen molar-refractivity contribution in [3.63, 3.8) is 0 Å². The van der Waals surface area contributed by atoms with Crippen LogP contribution in [0.1, 0.15) is 37.8 Å². The molecule has 1 atom stereocenters. The first-order valence-corrected chi connectivity index (χ1v) is 6.58. The van der Waals surface area contributed by atoms with Gasteiger partial charge < -0.3 is 15.2 Å². The second-order valence-corrected chi connectivity index (χ2v) is 4.79. The number of carbonyl (C=O) groups is 1. The Morgan fingerprint density at radius 2 is 2.05 bits per heavy atom. The third kappa shape index (κ3) is 4.24. The molecule has 1 unspecified atom stereocenters. The summed E-state index contributed by atoms with van der Waals surface area (Å²) >= 11 is 0. The Morgan fingerprint density at radius 1 is 1.37 bits per heavy atom. The molecule has 2 N–H and O–H groups in total. The number of hydrogen-bond acceptors (Lipinski definition) is 4. The van der Waals surface area contributed by atoms with Gasteiger partial charge in [0.25, 0.3) is 0 Å². The summed E-state index contributed by atoms with van der Waals surface area (Å²) in [5.41, 5.74) is 7.99. The van der Waals surface area contributed by atoms with Crippen molar-refractivity contribution >= 4 is 5.97 Å². The molecule has 0 heterocycles. The summed E-state index contributed by atoms with van der Waals surface area (Å²) in [6.07, 6.45) is 0.419. The quantitative estimate of drug-likeness (QED) is 0.801. The van der Waals surface area contributed by atoms with Crippen molar-refractivity contribution in [2.75, 3.05) is 13.7 Å². The highest BCUT2D eigenvalue weighted by atomic mass is 16.5. The van der Waals surface area contributed by atoms with Crippen LogP contribution in [0.5, 0.6) is 5.75 Å². The molecule has 0 aliphatic rings. The third-order valence-electron chi connectivity index (χ3n) is 3.00. The molecule has 0 radical (unpaired) electrons. The van der Waals surface area contributed by atoms with Gasteiger partial charge in [-0.25, -0.2) is 0 Å². The third-order valence-corrected chi connectivity index (χ3v) is 3.00. The fourth-order valence-electron chi connectivity index (χ4n) is 1.89. The van der Waals surface area contributed by atoms with Crippen molar-refractivity contribution in [1.82, 2.24) is 0 Å². The lowest BCUT2D eigenvalue weighted by molar-refractivity contribution is -0.144. The molecule has 0 aliphatic carbocycles. The van der Waals surface area contributed by atoms with E-state index in [9.17, 15) is 4.79 Å². The van der Waals surface area contributed by atoms with Gasteiger partial charge in [-0.15, -0.1) is 0 Å². The number of rotatable bonds is 6. The molecule has 1 aromatic carbocycles. The van der Waals surface area contributed by atoms with Crippen LogP contribution >= 0.6 is 0 Å². The first-order valence-electron chi connectivity index (χ1n) is 6.58. The van der Waals surface area contributed by atoms with E-state index in [-0.39, 0.29) is 5.97 Å². The van der Waals surface area contributed by atoms with Crippen molar-refractivity contribution in [3.05, 3.63) is 29.3 Å². The van der Waals surface area contributed by atoms with Crippen LogP contribution < -0.4 is 10.5 Å². The van der Waals surface area contributed by atoms with Crippen LogP contribution in [0.25, 0.3) is 0 Å². The molecule has 0 saturated carbocycles. The van der Waals surface area contributed by atoms with Gasteiger partial charge in [0.05, 0.1) is 13.7 Å². The van der Waals surface area contributed by atoms with E-state index < -0.39 is 6.04 Å². The molecule has 4 heteroatoms. The van der Waals surface area contributed by atoms with E-state index >= 15 is 0 Å². The fraction of sp³-hybridized carbons (Fsp3) is 0.533. The van der Waals surface area contributed by atoms with Gasteiger partial charge in [0.15, 0.2) is 0 Å². The second-order valence-electron chi connectivity index (χ2n) is 4.79. The Morgan fingerprint density at radius 3 is 2.58 bits per heavy atom. The van der Waals surface area contributed by atoms with E-state index in [0.29, 0.717) is 18.9 Å². The molecule has 19 heavy (non-hydrogen) atoms. The molecular weight excluding hydrogens is 242 g/mol. The van der Waals surface area contributed by atoms with Gasteiger partial charge in [-0.2, -0.15) is 0 Å². The number of benzene rings is 1. The number of esters is 1. The zero-order chi connectivity index (χ0) is 14.4. The molecule has 0 fully saturated rings. The van der Waals surface area contributed by atoms with Gasteiger partial charge in [-0.3, -0.25) is 4.79 Å². The SMILES string of the molecule is CCOC(=O)C(N)Cc1cc(C(C)C)ccc1OC. The molecule has 1 rings (SSSR count). The minimum Gasteiger partial charge on any atom is -0.496 e. The van der Waals surface area contributed by atoms with Crippen LogP contribution in [0.2, 0.25) is 0 Å². The van der Waals surface area contributed by atoms with Crippen LogP contribution in [0, 0.1) is 0 Å². The van der Waals surface area contributed by atoms with Crippen LogP contribution in [0.3, 0.4) is 0 Å². The number of hydrogen-bond donors (Lipinski definition) is 1. The second kappa shape index (κ2) is 7.14. The fourth-order valence-corrected chi connectivity index (χ4v) is 1.89. The van der Waals surface area contributed by atoms with Gasteiger partial charge in [0.1, 0.15) is 11.8 Å². The first-order chi connectivity index (χ1) is 8.99. The zero-order valence-electron chi connectivity index (χ0n) is 12.1. The largest absolute Gasteiger partial charge is 0.496 e. The van der Waals surface area contributed by atoms with Crippen molar-refractivity contribution < 1.29 is 14.3 Å². The number of carbonyl (C=O) groups excluding carboxylic acids is 1. The van der Waals surface area contributed by atoms with Gasteiger partial charge in [-0.05, 0) is 30.0 Å². The van der Waals surface area contributed by atoms with E-state index in [4.69, 9.17) is 15.2 Å². The van der Waals surface area contributed by atoms with Gasteiger partial charge in [0, 0.05) is 6.42 Å². The van der Waals surface area contributed by atoms with E-state index in [1.54, 1.807) is 14.0 Å². The predicted octanol–water partition coefficient (Wildman–Crippen LogP) is 2.25. The van der Waals surface area contributed by atoms with Crippen molar-refractivity contribution in [2.45, 2.75) is 39.2 Å². The van der Waals surface area contributed by atoms with Crippen molar-refractivity contribution in [1.29, 1.82) is 0 Å². The molecule has 0 aromatic heterocycles. The lowest BCUT2D eigenvalue weighted by atomic mass is 9.97. The van der Waals surface area contributed by atoms with Crippen LogP contribution in [-0.4, -0.2) is 25.7 Å². The summed E-state index contributed by atoms with van der Waals surface area (Å²) in [7, 11) is 1.61. The average Bonchev–Trinajstić information content (AvgIpc) is 2.38. The van der Waals surface area contributed by atoms with Crippen LogP contribution in [0.4, 0.5) is 0 Å². The number of nitrogens with two attached hydrogens (primary N) is 1. The lowest BCUT2D eigenvalue weighted by Crippen LogP contribution is -2.34. The van der Waals surface area contributed by atoms with Crippen molar-refractivity contribution in [3.8, 4) is 5.75 Å². The maximum Gasteiger partial charge on any atom is 0.323 e. The molecule has 1 aromatic rings.